The average Bonchev–Trinajstić information content (AvgIpc) is 2.79. The molecule has 0 bridgehead atoms. The fourth-order valence-electron chi connectivity index (χ4n) is 2.37. The molecule has 0 amide bonds. The standard InChI is InChI=1S/C12H14N2O/c1-7-11(12(13)5-6-12)10-8(14-7)3-2-4-9(10)15/h2-4,14-15H,5-6,13H2,1H3. The number of rotatable bonds is 1. The number of aromatic amines is 1. The van der Waals surface area contributed by atoms with E-state index in [2.05, 4.69) is 4.98 Å². The molecule has 1 fully saturated rings. The summed E-state index contributed by atoms with van der Waals surface area (Å²) in [6.07, 6.45) is 2.02. The number of phenolic OH excluding ortho intramolecular Hbond substituents is 1. The Hall–Kier alpha value is -1.48. The molecule has 1 aromatic carbocycles. The molecule has 1 saturated carbocycles. The largest absolute Gasteiger partial charge is 0.507 e. The molecule has 1 heterocycles. The fourth-order valence-corrected chi connectivity index (χ4v) is 2.37. The lowest BCUT2D eigenvalue weighted by Gasteiger charge is -2.09. The molecule has 0 unspecified atom stereocenters. The van der Waals surface area contributed by atoms with Gasteiger partial charge in [-0.1, -0.05) is 6.07 Å². The number of hydrogen-bond donors (Lipinski definition) is 3. The zero-order valence-electron chi connectivity index (χ0n) is 8.67. The highest BCUT2D eigenvalue weighted by atomic mass is 16.3. The van der Waals surface area contributed by atoms with E-state index in [1.54, 1.807) is 6.07 Å². The van der Waals surface area contributed by atoms with Crippen molar-refractivity contribution in [1.29, 1.82) is 0 Å². The fraction of sp³-hybridized carbons (Fsp3) is 0.333. The van der Waals surface area contributed by atoms with Gasteiger partial charge in [0, 0.05) is 27.7 Å². The van der Waals surface area contributed by atoms with Crippen LogP contribution in [0.3, 0.4) is 0 Å². The monoisotopic (exact) mass is 202 g/mol. The van der Waals surface area contributed by atoms with Gasteiger partial charge in [-0.25, -0.2) is 0 Å². The van der Waals surface area contributed by atoms with E-state index in [1.165, 1.54) is 0 Å². The average molecular weight is 202 g/mol. The third-order valence-corrected chi connectivity index (χ3v) is 3.28. The SMILES string of the molecule is Cc1[nH]c2cccc(O)c2c1C1(N)CC1. The maximum Gasteiger partial charge on any atom is 0.125 e. The molecule has 3 heteroatoms. The van der Waals surface area contributed by atoms with Crippen LogP contribution in [0.25, 0.3) is 10.9 Å². The summed E-state index contributed by atoms with van der Waals surface area (Å²) in [4.78, 5) is 3.27. The number of nitrogens with one attached hydrogen (secondary N) is 1. The summed E-state index contributed by atoms with van der Waals surface area (Å²) < 4.78 is 0. The van der Waals surface area contributed by atoms with Gasteiger partial charge < -0.3 is 15.8 Å². The second-order valence-corrected chi connectivity index (χ2v) is 4.48. The van der Waals surface area contributed by atoms with Crippen LogP contribution in [0.1, 0.15) is 24.1 Å². The van der Waals surface area contributed by atoms with E-state index >= 15 is 0 Å². The normalized spacial score (nSPS) is 18.3. The number of aromatic hydroxyl groups is 1. The molecular formula is C12H14N2O. The first-order valence-corrected chi connectivity index (χ1v) is 5.21. The van der Waals surface area contributed by atoms with Crippen molar-refractivity contribution in [1.82, 2.24) is 4.98 Å². The Kier molecular flexibility index (Phi) is 1.50. The quantitative estimate of drug-likeness (QED) is 0.663. The summed E-state index contributed by atoms with van der Waals surface area (Å²) in [6.45, 7) is 2.02. The first kappa shape index (κ1) is 8.80. The number of fused-ring (bicyclic) bond motifs is 1. The van der Waals surface area contributed by atoms with Crippen LogP contribution in [0, 0.1) is 6.92 Å². The van der Waals surface area contributed by atoms with Crippen molar-refractivity contribution in [3.63, 3.8) is 0 Å². The van der Waals surface area contributed by atoms with Crippen molar-refractivity contribution >= 4 is 10.9 Å². The van der Waals surface area contributed by atoms with Crippen molar-refractivity contribution in [2.75, 3.05) is 0 Å². The topological polar surface area (TPSA) is 62.0 Å². The molecule has 2 aromatic rings. The van der Waals surface area contributed by atoms with Crippen LogP contribution >= 0.6 is 0 Å². The Morgan fingerprint density at radius 2 is 2.13 bits per heavy atom. The molecule has 0 aliphatic heterocycles. The van der Waals surface area contributed by atoms with Crippen LogP contribution in [-0.4, -0.2) is 10.1 Å². The number of H-pyrrole nitrogens is 1. The number of phenols is 1. The molecule has 4 N–H and O–H groups in total. The van der Waals surface area contributed by atoms with Crippen LogP contribution in [0.15, 0.2) is 18.2 Å². The smallest absolute Gasteiger partial charge is 0.125 e. The van der Waals surface area contributed by atoms with E-state index < -0.39 is 0 Å². The maximum absolute atomic E-state index is 9.88. The molecule has 3 rings (SSSR count). The lowest BCUT2D eigenvalue weighted by molar-refractivity contribution is 0.481. The minimum absolute atomic E-state index is 0.207. The first-order chi connectivity index (χ1) is 7.12. The van der Waals surface area contributed by atoms with Crippen molar-refractivity contribution in [3.05, 3.63) is 29.5 Å². The van der Waals surface area contributed by atoms with Gasteiger partial charge in [-0.3, -0.25) is 0 Å². The number of aryl methyl sites for hydroxylation is 1. The van der Waals surface area contributed by atoms with Crippen LogP contribution in [-0.2, 0) is 5.54 Å². The second-order valence-electron chi connectivity index (χ2n) is 4.48. The molecule has 15 heavy (non-hydrogen) atoms. The first-order valence-electron chi connectivity index (χ1n) is 5.21. The molecule has 0 saturated heterocycles. The molecule has 0 atom stereocenters. The van der Waals surface area contributed by atoms with Gasteiger partial charge in [-0.2, -0.15) is 0 Å². The van der Waals surface area contributed by atoms with Crippen LogP contribution in [0.4, 0.5) is 0 Å². The zero-order chi connectivity index (χ0) is 10.6. The Morgan fingerprint density at radius 3 is 2.80 bits per heavy atom. The van der Waals surface area contributed by atoms with Crippen LogP contribution < -0.4 is 5.73 Å². The maximum atomic E-state index is 9.88. The molecule has 1 aromatic heterocycles. The molecular weight excluding hydrogens is 188 g/mol. The number of hydrogen-bond acceptors (Lipinski definition) is 2. The highest BCUT2D eigenvalue weighted by molar-refractivity contribution is 5.91. The van der Waals surface area contributed by atoms with E-state index in [-0.39, 0.29) is 5.54 Å². The van der Waals surface area contributed by atoms with E-state index in [0.29, 0.717) is 5.75 Å². The number of benzene rings is 1. The summed E-state index contributed by atoms with van der Waals surface area (Å²) in [7, 11) is 0. The van der Waals surface area contributed by atoms with E-state index in [4.69, 9.17) is 5.73 Å². The molecule has 0 radical (unpaired) electrons. The zero-order valence-corrected chi connectivity index (χ0v) is 8.67. The molecule has 1 aliphatic carbocycles. The van der Waals surface area contributed by atoms with Crippen molar-refractivity contribution < 1.29 is 5.11 Å². The Morgan fingerprint density at radius 1 is 1.40 bits per heavy atom. The Bertz CT molecular complexity index is 538. The number of nitrogens with two attached hydrogens (primary N) is 1. The Balaban J connectivity index is 2.41. The highest BCUT2D eigenvalue weighted by Gasteiger charge is 2.43. The predicted octanol–water partition coefficient (Wildman–Crippen LogP) is 2.13. The third kappa shape index (κ3) is 1.10. The summed E-state index contributed by atoms with van der Waals surface area (Å²) in [5.74, 6) is 0.323. The third-order valence-electron chi connectivity index (χ3n) is 3.28. The summed E-state index contributed by atoms with van der Waals surface area (Å²) in [5, 5.41) is 10.8. The van der Waals surface area contributed by atoms with Gasteiger partial charge in [0.2, 0.25) is 0 Å². The summed E-state index contributed by atoms with van der Waals surface area (Å²) in [6, 6.07) is 5.52. The van der Waals surface area contributed by atoms with Crippen LogP contribution in [0.5, 0.6) is 5.75 Å². The summed E-state index contributed by atoms with van der Waals surface area (Å²) in [5.41, 5.74) is 9.15. The highest BCUT2D eigenvalue weighted by Crippen LogP contribution is 2.48. The Labute approximate surface area is 87.9 Å². The predicted molar refractivity (Wildman–Crippen MR) is 59.8 cm³/mol. The van der Waals surface area contributed by atoms with Gasteiger partial charge in [0.25, 0.3) is 0 Å². The van der Waals surface area contributed by atoms with Crippen molar-refractivity contribution in [2.45, 2.75) is 25.3 Å². The molecule has 1 aliphatic rings. The minimum Gasteiger partial charge on any atom is -0.507 e. The molecule has 3 nitrogen and oxygen atoms in total. The molecule has 78 valence electrons. The van der Waals surface area contributed by atoms with Gasteiger partial charge in [-0.05, 0) is 31.9 Å². The van der Waals surface area contributed by atoms with Gasteiger partial charge in [-0.15, -0.1) is 0 Å². The van der Waals surface area contributed by atoms with Crippen molar-refractivity contribution in [2.24, 2.45) is 5.73 Å². The minimum atomic E-state index is -0.207. The van der Waals surface area contributed by atoms with Crippen molar-refractivity contribution in [3.8, 4) is 5.75 Å². The van der Waals surface area contributed by atoms with Gasteiger partial charge in [0.1, 0.15) is 5.75 Å². The lowest BCUT2D eigenvalue weighted by atomic mass is 10.0. The summed E-state index contributed by atoms with van der Waals surface area (Å²) >= 11 is 0. The van der Waals surface area contributed by atoms with E-state index in [9.17, 15) is 5.11 Å². The van der Waals surface area contributed by atoms with E-state index in [0.717, 1.165) is 35.0 Å². The molecule has 0 spiro atoms. The lowest BCUT2D eigenvalue weighted by Crippen LogP contribution is -2.19. The second kappa shape index (κ2) is 2.55. The van der Waals surface area contributed by atoms with E-state index in [1.807, 2.05) is 19.1 Å². The van der Waals surface area contributed by atoms with Gasteiger partial charge in [0.15, 0.2) is 0 Å². The number of aromatic nitrogens is 1. The van der Waals surface area contributed by atoms with Gasteiger partial charge >= 0.3 is 0 Å². The van der Waals surface area contributed by atoms with Crippen LogP contribution in [0.2, 0.25) is 0 Å². The van der Waals surface area contributed by atoms with Gasteiger partial charge in [0.05, 0.1) is 0 Å².